The fourth-order valence-electron chi connectivity index (χ4n) is 2.34. The van der Waals surface area contributed by atoms with E-state index in [1.54, 1.807) is 20.3 Å². The van der Waals surface area contributed by atoms with Crippen molar-refractivity contribution in [1.82, 2.24) is 0 Å². The minimum Gasteiger partial charge on any atom is -0.497 e. The van der Waals surface area contributed by atoms with Crippen molar-refractivity contribution < 1.29 is 19.4 Å². The van der Waals surface area contributed by atoms with Crippen LogP contribution in [0, 0.1) is 6.92 Å². The highest BCUT2D eigenvalue weighted by Crippen LogP contribution is 2.39. The van der Waals surface area contributed by atoms with E-state index in [-0.39, 0.29) is 6.42 Å². The molecule has 0 bridgehead atoms. The van der Waals surface area contributed by atoms with Gasteiger partial charge in [-0.15, -0.1) is 0 Å². The van der Waals surface area contributed by atoms with E-state index in [9.17, 15) is 4.79 Å². The van der Waals surface area contributed by atoms with Gasteiger partial charge in [0.1, 0.15) is 11.5 Å². The molecule has 0 aliphatic rings. The fraction of sp³-hybridized carbons (Fsp3) is 0.500. The summed E-state index contributed by atoms with van der Waals surface area (Å²) in [6, 6.07) is 3.67. The normalized spacial score (nSPS) is 11.2. The lowest BCUT2D eigenvalue weighted by atomic mass is 9.78. The molecule has 18 heavy (non-hydrogen) atoms. The van der Waals surface area contributed by atoms with Crippen molar-refractivity contribution in [2.45, 2.75) is 32.6 Å². The largest absolute Gasteiger partial charge is 0.497 e. The minimum absolute atomic E-state index is 0.0521. The molecule has 0 amide bonds. The Morgan fingerprint density at radius 1 is 1.28 bits per heavy atom. The van der Waals surface area contributed by atoms with Crippen LogP contribution in [0.1, 0.15) is 31.4 Å². The number of hydrogen-bond donors (Lipinski definition) is 1. The van der Waals surface area contributed by atoms with Gasteiger partial charge in [0, 0.05) is 17.0 Å². The number of benzene rings is 1. The van der Waals surface area contributed by atoms with Crippen LogP contribution in [0.25, 0.3) is 0 Å². The summed E-state index contributed by atoms with van der Waals surface area (Å²) in [7, 11) is 3.17. The van der Waals surface area contributed by atoms with Crippen LogP contribution in [0.15, 0.2) is 12.1 Å². The third-order valence-electron chi connectivity index (χ3n) is 3.00. The monoisotopic (exact) mass is 252 g/mol. The molecule has 0 spiro atoms. The predicted molar refractivity (Wildman–Crippen MR) is 69.6 cm³/mol. The molecular weight excluding hydrogens is 232 g/mol. The molecule has 0 aliphatic carbocycles. The molecule has 0 fully saturated rings. The van der Waals surface area contributed by atoms with Crippen LogP contribution >= 0.6 is 0 Å². The van der Waals surface area contributed by atoms with E-state index in [0.717, 1.165) is 11.1 Å². The van der Waals surface area contributed by atoms with Gasteiger partial charge >= 0.3 is 5.97 Å². The molecule has 100 valence electrons. The van der Waals surface area contributed by atoms with Crippen molar-refractivity contribution in [3.05, 3.63) is 23.3 Å². The van der Waals surface area contributed by atoms with Crippen LogP contribution in [-0.2, 0) is 10.2 Å². The van der Waals surface area contributed by atoms with Gasteiger partial charge in [-0.3, -0.25) is 4.79 Å². The molecule has 1 rings (SSSR count). The van der Waals surface area contributed by atoms with E-state index < -0.39 is 11.4 Å². The minimum atomic E-state index is -0.822. The summed E-state index contributed by atoms with van der Waals surface area (Å²) >= 11 is 0. The molecule has 1 aromatic carbocycles. The van der Waals surface area contributed by atoms with E-state index in [0.29, 0.717) is 11.5 Å². The van der Waals surface area contributed by atoms with Gasteiger partial charge in [0.25, 0.3) is 0 Å². The first kappa shape index (κ1) is 14.4. The van der Waals surface area contributed by atoms with Gasteiger partial charge in [-0.1, -0.05) is 13.8 Å². The first-order valence-corrected chi connectivity index (χ1v) is 5.76. The van der Waals surface area contributed by atoms with Crippen LogP contribution < -0.4 is 9.47 Å². The lowest BCUT2D eigenvalue weighted by Crippen LogP contribution is -2.23. The molecule has 0 saturated heterocycles. The lowest BCUT2D eigenvalue weighted by Gasteiger charge is -2.27. The number of hydrogen-bond acceptors (Lipinski definition) is 3. The van der Waals surface area contributed by atoms with Gasteiger partial charge in [-0.2, -0.15) is 0 Å². The number of aryl methyl sites for hydroxylation is 1. The molecule has 0 unspecified atom stereocenters. The smallest absolute Gasteiger partial charge is 0.304 e. The predicted octanol–water partition coefficient (Wildman–Crippen LogP) is 2.76. The van der Waals surface area contributed by atoms with Gasteiger partial charge in [0.05, 0.1) is 20.6 Å². The summed E-state index contributed by atoms with van der Waals surface area (Å²) in [5.41, 5.74) is 1.39. The number of carboxylic acid groups (broad SMARTS) is 1. The number of rotatable bonds is 5. The second kappa shape index (κ2) is 5.29. The Labute approximate surface area is 108 Å². The summed E-state index contributed by atoms with van der Waals surface area (Å²) in [6.07, 6.45) is 0.0521. The summed E-state index contributed by atoms with van der Waals surface area (Å²) < 4.78 is 10.6. The zero-order chi connectivity index (χ0) is 13.9. The van der Waals surface area contributed by atoms with Gasteiger partial charge in [0.15, 0.2) is 0 Å². The number of carboxylic acids is 1. The van der Waals surface area contributed by atoms with Crippen LogP contribution in [-0.4, -0.2) is 25.3 Å². The summed E-state index contributed by atoms with van der Waals surface area (Å²) in [5, 5.41) is 9.00. The van der Waals surface area contributed by atoms with E-state index >= 15 is 0 Å². The van der Waals surface area contributed by atoms with Crippen molar-refractivity contribution in [2.24, 2.45) is 0 Å². The lowest BCUT2D eigenvalue weighted by molar-refractivity contribution is -0.138. The molecule has 0 radical (unpaired) electrons. The maximum atomic E-state index is 11.0. The fourth-order valence-corrected chi connectivity index (χ4v) is 2.34. The van der Waals surface area contributed by atoms with Gasteiger partial charge in [-0.05, 0) is 18.6 Å². The SMILES string of the molecule is COc1cc(C)c(C(C)(C)CC(=O)O)c(OC)c1. The standard InChI is InChI=1S/C14H20O4/c1-9-6-10(17-4)7-11(18-5)13(9)14(2,3)8-12(15)16/h6-7H,8H2,1-5H3,(H,15,16). The van der Waals surface area contributed by atoms with Gasteiger partial charge < -0.3 is 14.6 Å². The Hall–Kier alpha value is -1.71. The molecule has 1 aromatic rings. The number of carbonyl (C=O) groups is 1. The highest BCUT2D eigenvalue weighted by molar-refractivity contribution is 5.69. The zero-order valence-electron chi connectivity index (χ0n) is 11.5. The van der Waals surface area contributed by atoms with Crippen LogP contribution in [0.4, 0.5) is 0 Å². The maximum absolute atomic E-state index is 11.0. The molecule has 0 saturated carbocycles. The highest BCUT2D eigenvalue weighted by Gasteiger charge is 2.29. The Bertz CT molecular complexity index is 449. The maximum Gasteiger partial charge on any atom is 0.304 e. The first-order chi connectivity index (χ1) is 8.31. The Kier molecular flexibility index (Phi) is 4.22. The molecule has 4 nitrogen and oxygen atoms in total. The van der Waals surface area contributed by atoms with Crippen LogP contribution in [0.5, 0.6) is 11.5 Å². The summed E-state index contributed by atoms with van der Waals surface area (Å²) in [4.78, 5) is 11.0. The molecule has 0 heterocycles. The second-order valence-corrected chi connectivity index (χ2v) is 4.98. The summed E-state index contributed by atoms with van der Waals surface area (Å²) in [5.74, 6) is 0.551. The molecule has 4 heteroatoms. The second-order valence-electron chi connectivity index (χ2n) is 4.98. The molecule has 1 N–H and O–H groups in total. The van der Waals surface area contributed by atoms with E-state index in [1.807, 2.05) is 26.8 Å². The first-order valence-electron chi connectivity index (χ1n) is 5.76. The third kappa shape index (κ3) is 2.94. The van der Waals surface area contributed by atoms with E-state index in [2.05, 4.69) is 0 Å². The number of methoxy groups -OCH3 is 2. The Balaban J connectivity index is 3.34. The molecule has 0 atom stereocenters. The van der Waals surface area contributed by atoms with Crippen molar-refractivity contribution in [3.8, 4) is 11.5 Å². The van der Waals surface area contributed by atoms with Crippen molar-refractivity contribution in [2.75, 3.05) is 14.2 Å². The highest BCUT2D eigenvalue weighted by atomic mass is 16.5. The Morgan fingerprint density at radius 3 is 2.33 bits per heavy atom. The van der Waals surface area contributed by atoms with Crippen LogP contribution in [0.3, 0.4) is 0 Å². The molecule has 0 aliphatic heterocycles. The van der Waals surface area contributed by atoms with Crippen molar-refractivity contribution in [3.63, 3.8) is 0 Å². The third-order valence-corrected chi connectivity index (χ3v) is 3.00. The van der Waals surface area contributed by atoms with Gasteiger partial charge in [0.2, 0.25) is 0 Å². The zero-order valence-corrected chi connectivity index (χ0v) is 11.5. The molecular formula is C14H20O4. The number of aliphatic carboxylic acids is 1. The quantitative estimate of drug-likeness (QED) is 0.875. The van der Waals surface area contributed by atoms with E-state index in [4.69, 9.17) is 14.6 Å². The van der Waals surface area contributed by atoms with E-state index in [1.165, 1.54) is 0 Å². The average Bonchev–Trinajstić information content (AvgIpc) is 2.25. The van der Waals surface area contributed by atoms with Crippen LogP contribution in [0.2, 0.25) is 0 Å². The summed E-state index contributed by atoms with van der Waals surface area (Å²) in [6.45, 7) is 5.74. The Morgan fingerprint density at radius 2 is 1.89 bits per heavy atom. The average molecular weight is 252 g/mol. The van der Waals surface area contributed by atoms with Crippen molar-refractivity contribution >= 4 is 5.97 Å². The molecule has 0 aromatic heterocycles. The topological polar surface area (TPSA) is 55.8 Å². The van der Waals surface area contributed by atoms with Crippen molar-refractivity contribution in [1.29, 1.82) is 0 Å². The number of ether oxygens (including phenoxy) is 2. The van der Waals surface area contributed by atoms with Gasteiger partial charge in [-0.25, -0.2) is 0 Å².